The number of hydrogen-bond donors (Lipinski definition) is 1. The SMILES string of the molecule is CCS(=O)(=O)c1cc(C(F)(F)F)ccc1-n1nccc1N. The first-order valence-corrected chi connectivity index (χ1v) is 7.56. The summed E-state index contributed by atoms with van der Waals surface area (Å²) in [6.07, 6.45) is -3.30. The van der Waals surface area contributed by atoms with E-state index in [4.69, 9.17) is 5.73 Å². The summed E-state index contributed by atoms with van der Waals surface area (Å²) in [5.41, 5.74) is 4.59. The Morgan fingerprint density at radius 1 is 1.29 bits per heavy atom. The quantitative estimate of drug-likeness (QED) is 0.941. The number of halogens is 3. The first-order valence-electron chi connectivity index (χ1n) is 5.90. The van der Waals surface area contributed by atoms with E-state index in [2.05, 4.69) is 5.10 Å². The Kier molecular flexibility index (Phi) is 3.70. The molecule has 1 aromatic heterocycles. The van der Waals surface area contributed by atoms with Crippen molar-refractivity contribution in [3.8, 4) is 5.69 Å². The van der Waals surface area contributed by atoms with Crippen molar-refractivity contribution in [1.29, 1.82) is 0 Å². The van der Waals surface area contributed by atoms with E-state index in [1.807, 2.05) is 0 Å². The third-order valence-corrected chi connectivity index (χ3v) is 4.66. The number of hydrogen-bond acceptors (Lipinski definition) is 4. The van der Waals surface area contributed by atoms with E-state index in [1.54, 1.807) is 0 Å². The predicted molar refractivity (Wildman–Crippen MR) is 70.7 cm³/mol. The van der Waals surface area contributed by atoms with Gasteiger partial charge in [-0.25, -0.2) is 13.1 Å². The fraction of sp³-hybridized carbons (Fsp3) is 0.250. The van der Waals surface area contributed by atoms with Crippen molar-refractivity contribution < 1.29 is 21.6 Å². The lowest BCUT2D eigenvalue weighted by Gasteiger charge is -2.14. The number of sulfone groups is 1. The number of alkyl halides is 3. The minimum absolute atomic E-state index is 0.00708. The van der Waals surface area contributed by atoms with Gasteiger partial charge in [-0.3, -0.25) is 0 Å². The van der Waals surface area contributed by atoms with Gasteiger partial charge in [0.15, 0.2) is 9.84 Å². The third-order valence-electron chi connectivity index (χ3n) is 2.90. The van der Waals surface area contributed by atoms with Gasteiger partial charge in [-0.15, -0.1) is 0 Å². The molecule has 0 aliphatic carbocycles. The van der Waals surface area contributed by atoms with Gasteiger partial charge in [-0.1, -0.05) is 6.92 Å². The van der Waals surface area contributed by atoms with Crippen LogP contribution in [0.15, 0.2) is 35.4 Å². The molecule has 2 aromatic rings. The van der Waals surface area contributed by atoms with Crippen LogP contribution >= 0.6 is 0 Å². The number of nitrogens with two attached hydrogens (primary N) is 1. The second kappa shape index (κ2) is 5.06. The summed E-state index contributed by atoms with van der Waals surface area (Å²) in [5.74, 6) is -0.204. The molecule has 5 nitrogen and oxygen atoms in total. The fourth-order valence-electron chi connectivity index (χ4n) is 1.78. The van der Waals surface area contributed by atoms with Crippen molar-refractivity contribution in [2.24, 2.45) is 0 Å². The maximum Gasteiger partial charge on any atom is 0.416 e. The molecule has 0 saturated heterocycles. The molecule has 0 unspecified atom stereocenters. The van der Waals surface area contributed by atoms with E-state index in [-0.39, 0.29) is 17.3 Å². The summed E-state index contributed by atoms with van der Waals surface area (Å²) in [7, 11) is -3.87. The lowest BCUT2D eigenvalue weighted by Crippen LogP contribution is -2.14. The fourth-order valence-corrected chi connectivity index (χ4v) is 2.88. The number of aromatic nitrogens is 2. The highest BCUT2D eigenvalue weighted by molar-refractivity contribution is 7.91. The highest BCUT2D eigenvalue weighted by Gasteiger charge is 2.33. The Labute approximate surface area is 119 Å². The second-order valence-electron chi connectivity index (χ2n) is 4.25. The van der Waals surface area contributed by atoms with Crippen LogP contribution < -0.4 is 5.73 Å². The zero-order valence-corrected chi connectivity index (χ0v) is 11.7. The van der Waals surface area contributed by atoms with Crippen molar-refractivity contribution >= 4 is 15.7 Å². The topological polar surface area (TPSA) is 78.0 Å². The Morgan fingerprint density at radius 2 is 1.95 bits per heavy atom. The van der Waals surface area contributed by atoms with Crippen molar-refractivity contribution in [1.82, 2.24) is 9.78 Å². The largest absolute Gasteiger partial charge is 0.416 e. The van der Waals surface area contributed by atoms with Gasteiger partial charge in [0.05, 0.1) is 28.1 Å². The molecule has 1 aromatic carbocycles. The summed E-state index contributed by atoms with van der Waals surface area (Å²) in [6.45, 7) is 1.35. The first kappa shape index (κ1) is 15.4. The molecule has 21 heavy (non-hydrogen) atoms. The van der Waals surface area contributed by atoms with Gasteiger partial charge in [0, 0.05) is 6.07 Å². The number of rotatable bonds is 3. The monoisotopic (exact) mass is 319 g/mol. The summed E-state index contributed by atoms with van der Waals surface area (Å²) in [4.78, 5) is -0.449. The molecule has 0 amide bonds. The lowest BCUT2D eigenvalue weighted by atomic mass is 10.2. The molecule has 0 saturated carbocycles. The minimum Gasteiger partial charge on any atom is -0.384 e. The molecule has 9 heteroatoms. The van der Waals surface area contributed by atoms with Crippen LogP contribution in [0.2, 0.25) is 0 Å². The zero-order valence-electron chi connectivity index (χ0n) is 10.9. The van der Waals surface area contributed by atoms with Gasteiger partial charge in [-0.2, -0.15) is 18.3 Å². The Bertz CT molecular complexity index is 766. The van der Waals surface area contributed by atoms with E-state index in [0.717, 1.165) is 16.8 Å². The van der Waals surface area contributed by atoms with E-state index >= 15 is 0 Å². The van der Waals surface area contributed by atoms with E-state index in [1.165, 1.54) is 19.2 Å². The average Bonchev–Trinajstić information content (AvgIpc) is 2.83. The highest BCUT2D eigenvalue weighted by Crippen LogP contribution is 2.33. The molecule has 0 fully saturated rings. The second-order valence-corrected chi connectivity index (χ2v) is 6.50. The Balaban J connectivity index is 2.76. The third kappa shape index (κ3) is 2.87. The van der Waals surface area contributed by atoms with Crippen LogP contribution in [0.1, 0.15) is 12.5 Å². The molecule has 1 heterocycles. The molecular formula is C12H12F3N3O2S. The molecule has 0 aliphatic rings. The highest BCUT2D eigenvalue weighted by atomic mass is 32.2. The number of nitrogens with zero attached hydrogens (tertiary/aromatic N) is 2. The Hall–Kier alpha value is -2.03. The van der Waals surface area contributed by atoms with Crippen LogP contribution in [0, 0.1) is 0 Å². The van der Waals surface area contributed by atoms with Gasteiger partial charge < -0.3 is 5.73 Å². The van der Waals surface area contributed by atoms with Crippen LogP contribution in [-0.2, 0) is 16.0 Å². The molecular weight excluding hydrogens is 307 g/mol. The van der Waals surface area contributed by atoms with Crippen molar-refractivity contribution in [3.63, 3.8) is 0 Å². The molecule has 0 aliphatic heterocycles. The van der Waals surface area contributed by atoms with E-state index < -0.39 is 26.5 Å². The van der Waals surface area contributed by atoms with Crippen LogP contribution in [0.4, 0.5) is 19.0 Å². The first-order chi connectivity index (χ1) is 9.66. The summed E-state index contributed by atoms with van der Waals surface area (Å²) in [5, 5.41) is 3.83. The molecule has 2 N–H and O–H groups in total. The average molecular weight is 319 g/mol. The van der Waals surface area contributed by atoms with Crippen LogP contribution in [0.5, 0.6) is 0 Å². The molecule has 0 radical (unpaired) electrons. The van der Waals surface area contributed by atoms with Crippen LogP contribution in [-0.4, -0.2) is 24.0 Å². The number of benzene rings is 1. The normalized spacial score (nSPS) is 12.6. The zero-order chi connectivity index (χ0) is 15.8. The van der Waals surface area contributed by atoms with Crippen molar-refractivity contribution in [3.05, 3.63) is 36.0 Å². The number of nitrogen functional groups attached to an aromatic ring is 1. The Morgan fingerprint density at radius 3 is 2.43 bits per heavy atom. The van der Waals surface area contributed by atoms with E-state index in [9.17, 15) is 21.6 Å². The lowest BCUT2D eigenvalue weighted by molar-refractivity contribution is -0.137. The summed E-state index contributed by atoms with van der Waals surface area (Å²) in [6, 6.07) is 3.87. The number of anilines is 1. The van der Waals surface area contributed by atoms with Crippen LogP contribution in [0.3, 0.4) is 0 Å². The maximum atomic E-state index is 12.8. The summed E-state index contributed by atoms with van der Waals surface area (Å²) < 4.78 is 63.5. The minimum atomic E-state index is -4.63. The standard InChI is InChI=1S/C12H12F3N3O2S/c1-2-21(19,20)10-7-8(12(13,14)15)3-4-9(10)18-11(16)5-6-17-18/h3-7H,2,16H2,1H3. The van der Waals surface area contributed by atoms with Crippen molar-refractivity contribution in [2.75, 3.05) is 11.5 Å². The molecule has 0 atom stereocenters. The van der Waals surface area contributed by atoms with E-state index in [0.29, 0.717) is 6.07 Å². The predicted octanol–water partition coefficient (Wildman–Crippen LogP) is 2.27. The van der Waals surface area contributed by atoms with Gasteiger partial charge in [0.1, 0.15) is 5.82 Å². The maximum absolute atomic E-state index is 12.8. The molecule has 0 bridgehead atoms. The molecule has 2 rings (SSSR count). The molecule has 0 spiro atoms. The van der Waals surface area contributed by atoms with Crippen LogP contribution in [0.25, 0.3) is 5.69 Å². The van der Waals surface area contributed by atoms with Gasteiger partial charge in [0.2, 0.25) is 0 Å². The molecule has 114 valence electrons. The smallest absolute Gasteiger partial charge is 0.384 e. The van der Waals surface area contributed by atoms with Gasteiger partial charge in [-0.05, 0) is 18.2 Å². The van der Waals surface area contributed by atoms with Gasteiger partial charge in [0.25, 0.3) is 0 Å². The van der Waals surface area contributed by atoms with Crippen molar-refractivity contribution in [2.45, 2.75) is 18.0 Å². The summed E-state index contributed by atoms with van der Waals surface area (Å²) >= 11 is 0. The van der Waals surface area contributed by atoms with Gasteiger partial charge >= 0.3 is 6.18 Å².